The van der Waals surface area contributed by atoms with Gasteiger partial charge in [-0.3, -0.25) is 15.1 Å². The lowest BCUT2D eigenvalue weighted by molar-refractivity contribution is -0.164. The molecule has 3 heterocycles. The quantitative estimate of drug-likeness (QED) is 0.184. The fourth-order valence-corrected chi connectivity index (χ4v) is 5.46. The van der Waals surface area contributed by atoms with Crippen LogP contribution in [0.5, 0.6) is 0 Å². The number of hydrogen-bond donors (Lipinski definition) is 3. The molecule has 0 spiro atoms. The highest BCUT2D eigenvalue weighted by Crippen LogP contribution is 2.49. The Bertz CT molecular complexity index is 1980. The van der Waals surface area contributed by atoms with Gasteiger partial charge in [0, 0.05) is 17.3 Å². The average Bonchev–Trinajstić information content (AvgIpc) is 3.40. The van der Waals surface area contributed by atoms with Crippen molar-refractivity contribution >= 4 is 18.0 Å². The van der Waals surface area contributed by atoms with Crippen molar-refractivity contribution in [2.45, 2.75) is 49.7 Å². The van der Waals surface area contributed by atoms with E-state index in [1.165, 1.54) is 48.7 Å². The Hall–Kier alpha value is -6.00. The highest BCUT2D eigenvalue weighted by Gasteiger charge is 2.64. The zero-order valence-corrected chi connectivity index (χ0v) is 25.2. The molecular weight excluding hydrogens is 681 g/mol. The van der Waals surface area contributed by atoms with Gasteiger partial charge in [0.2, 0.25) is 0 Å². The Kier molecular flexibility index (Phi) is 8.67. The van der Waals surface area contributed by atoms with E-state index in [-0.39, 0.29) is 34.2 Å². The number of amides is 2. The monoisotopic (exact) mass is 704 g/mol. The summed E-state index contributed by atoms with van der Waals surface area (Å²) in [5.41, 5.74) is -1.52. The van der Waals surface area contributed by atoms with Crippen molar-refractivity contribution in [3.8, 4) is 28.6 Å². The zero-order chi connectivity index (χ0) is 36.0. The van der Waals surface area contributed by atoms with Crippen molar-refractivity contribution in [1.82, 2.24) is 40.1 Å². The minimum atomic E-state index is -4.75. The number of nitrogens with one attached hydrogen (secondary N) is 3. The summed E-state index contributed by atoms with van der Waals surface area (Å²) in [6.45, 7) is -6.81. The van der Waals surface area contributed by atoms with Crippen LogP contribution in [0.3, 0.4) is 0 Å². The smallest absolute Gasteiger partial charge is 0.411 e. The van der Waals surface area contributed by atoms with Crippen LogP contribution in [-0.4, -0.2) is 65.7 Å². The van der Waals surface area contributed by atoms with Crippen molar-refractivity contribution in [1.29, 1.82) is 10.7 Å². The molecular formula is C30H23F7N10O3. The lowest BCUT2D eigenvalue weighted by atomic mass is 9.98. The minimum Gasteiger partial charge on any atom is -0.447 e. The Morgan fingerprint density at radius 1 is 1.10 bits per heavy atom. The third-order valence-electron chi connectivity index (χ3n) is 8.25. The number of alkyl carbamates (subject to hydrolysis) is 1. The van der Waals surface area contributed by atoms with Crippen LogP contribution in [0.1, 0.15) is 54.7 Å². The van der Waals surface area contributed by atoms with Crippen molar-refractivity contribution in [3.05, 3.63) is 77.9 Å². The van der Waals surface area contributed by atoms with Gasteiger partial charge in [0.15, 0.2) is 11.8 Å². The second-order valence-electron chi connectivity index (χ2n) is 11.3. The summed E-state index contributed by atoms with van der Waals surface area (Å²) in [4.78, 5) is 31.2. The molecule has 50 heavy (non-hydrogen) atoms. The summed E-state index contributed by atoms with van der Waals surface area (Å²) in [7, 11) is 0. The number of hydrogen-bond acceptors (Lipinski definition) is 8. The van der Waals surface area contributed by atoms with Gasteiger partial charge in [0.05, 0.1) is 23.9 Å². The van der Waals surface area contributed by atoms with E-state index in [4.69, 9.17) is 10.1 Å². The topological polar surface area (TPSA) is 167 Å². The van der Waals surface area contributed by atoms with Crippen LogP contribution in [-0.2, 0) is 9.53 Å². The van der Waals surface area contributed by atoms with E-state index in [1.54, 1.807) is 5.32 Å². The van der Waals surface area contributed by atoms with E-state index in [1.807, 2.05) is 6.07 Å². The van der Waals surface area contributed by atoms with Crippen LogP contribution in [0, 0.1) is 16.7 Å². The van der Waals surface area contributed by atoms with E-state index in [0.29, 0.717) is 21.4 Å². The predicted molar refractivity (Wildman–Crippen MR) is 156 cm³/mol. The summed E-state index contributed by atoms with van der Waals surface area (Å²) in [6, 6.07) is 9.03. The number of ether oxygens (including phenoxy) is 1. The SMILES string of the molecule is N#Cc1ccc([C@@H](COC(=O)NC2(C(F)(F)F)CC2)N2C(=N)N[C@H](c3ccc(-c4cnn(C(F)F)c4)cc3)C2=O)cc1-c1ncnn1C(F)F. The molecule has 2 aliphatic rings. The number of rotatable bonds is 10. The predicted octanol–water partition coefficient (Wildman–Crippen LogP) is 5.44. The first-order valence-corrected chi connectivity index (χ1v) is 14.6. The van der Waals surface area contributed by atoms with Gasteiger partial charge >= 0.3 is 25.4 Å². The molecule has 1 saturated heterocycles. The van der Waals surface area contributed by atoms with E-state index in [2.05, 4.69) is 20.5 Å². The Morgan fingerprint density at radius 2 is 1.82 bits per heavy atom. The number of nitriles is 1. The molecule has 260 valence electrons. The maximum atomic E-state index is 13.9. The Morgan fingerprint density at radius 3 is 2.42 bits per heavy atom. The molecule has 0 bridgehead atoms. The van der Waals surface area contributed by atoms with Gasteiger partial charge in [0.25, 0.3) is 5.91 Å². The van der Waals surface area contributed by atoms with Crippen molar-refractivity contribution < 1.29 is 45.1 Å². The summed E-state index contributed by atoms with van der Waals surface area (Å²) < 4.78 is 99.6. The van der Waals surface area contributed by atoms with E-state index in [9.17, 15) is 45.6 Å². The van der Waals surface area contributed by atoms with E-state index in [0.717, 1.165) is 17.4 Å². The molecule has 1 saturated carbocycles. The third kappa shape index (κ3) is 6.28. The number of nitrogens with zero attached hydrogens (tertiary/aromatic N) is 7. The number of carbonyl (C=O) groups is 2. The van der Waals surface area contributed by atoms with Gasteiger partial charge in [-0.15, -0.1) is 0 Å². The molecule has 0 unspecified atom stereocenters. The standard InChI is InChI=1S/C30H23F7N10O3/c31-25(32)45-12-19(11-41-45)15-1-3-16(4-2-15)22-24(48)46(27(39)43-22)21(13-50-28(49)44-29(7-8-29)30(35,36)37)17-5-6-18(10-38)20(9-17)23-40-14-42-47(23)26(33)34/h1-6,9,11-12,14,21-22,25-26H,7-8,13H2,(H2,39,43)(H,44,49)/t21-,22-/m1/s1. The molecule has 1 aliphatic carbocycles. The van der Waals surface area contributed by atoms with Gasteiger partial charge in [-0.2, -0.15) is 50.9 Å². The van der Waals surface area contributed by atoms with Crippen molar-refractivity contribution in [2.75, 3.05) is 6.61 Å². The zero-order valence-electron chi connectivity index (χ0n) is 25.2. The Labute approximate surface area is 276 Å². The molecule has 4 aromatic rings. The second kappa shape index (κ2) is 12.8. The molecule has 1 aliphatic heterocycles. The molecule has 6 rings (SSSR count). The third-order valence-corrected chi connectivity index (χ3v) is 8.25. The number of guanidine groups is 1. The molecule has 2 fully saturated rings. The van der Waals surface area contributed by atoms with Crippen LogP contribution in [0.4, 0.5) is 35.5 Å². The molecule has 2 amide bonds. The van der Waals surface area contributed by atoms with Gasteiger partial charge in [-0.1, -0.05) is 30.3 Å². The minimum absolute atomic E-state index is 0.0412. The number of halogens is 7. The van der Waals surface area contributed by atoms with Crippen LogP contribution >= 0.6 is 0 Å². The van der Waals surface area contributed by atoms with Gasteiger partial charge in [0.1, 0.15) is 24.5 Å². The largest absolute Gasteiger partial charge is 0.447 e. The highest BCUT2D eigenvalue weighted by atomic mass is 19.4. The first-order chi connectivity index (χ1) is 23.7. The second-order valence-corrected chi connectivity index (χ2v) is 11.3. The molecule has 2 atom stereocenters. The van der Waals surface area contributed by atoms with E-state index < -0.39 is 67.3 Å². The van der Waals surface area contributed by atoms with Crippen molar-refractivity contribution in [3.63, 3.8) is 0 Å². The van der Waals surface area contributed by atoms with Crippen LogP contribution < -0.4 is 10.6 Å². The van der Waals surface area contributed by atoms with Gasteiger partial charge in [-0.25, -0.2) is 14.5 Å². The molecule has 13 nitrogen and oxygen atoms in total. The molecule has 2 aromatic carbocycles. The van der Waals surface area contributed by atoms with Crippen LogP contribution in [0.2, 0.25) is 0 Å². The molecule has 0 radical (unpaired) electrons. The summed E-state index contributed by atoms with van der Waals surface area (Å²) in [5.74, 6) is -1.69. The van der Waals surface area contributed by atoms with Crippen LogP contribution in [0.25, 0.3) is 22.5 Å². The van der Waals surface area contributed by atoms with Gasteiger partial charge in [-0.05, 0) is 41.7 Å². The van der Waals surface area contributed by atoms with Crippen LogP contribution in [0.15, 0.2) is 61.2 Å². The fourth-order valence-electron chi connectivity index (χ4n) is 5.46. The number of alkyl halides is 7. The molecule has 2 aromatic heterocycles. The van der Waals surface area contributed by atoms with Gasteiger partial charge < -0.3 is 15.4 Å². The van der Waals surface area contributed by atoms with Crippen molar-refractivity contribution in [2.24, 2.45) is 0 Å². The first kappa shape index (κ1) is 33.9. The molecule has 20 heteroatoms. The summed E-state index contributed by atoms with van der Waals surface area (Å²) >= 11 is 0. The Balaban J connectivity index is 1.32. The summed E-state index contributed by atoms with van der Waals surface area (Å²) in [5, 5.41) is 29.9. The first-order valence-electron chi connectivity index (χ1n) is 14.6. The number of carbonyl (C=O) groups excluding carboxylic acids is 2. The fraction of sp³-hybridized carbons (Fsp3) is 0.300. The maximum Gasteiger partial charge on any atom is 0.411 e. The maximum absolute atomic E-state index is 13.9. The summed E-state index contributed by atoms with van der Waals surface area (Å²) in [6.07, 6.45) is -3.75. The number of aromatic nitrogens is 5. The number of benzene rings is 2. The lowest BCUT2D eigenvalue weighted by Crippen LogP contribution is -2.48. The van der Waals surface area contributed by atoms with E-state index >= 15 is 0 Å². The highest BCUT2D eigenvalue weighted by molar-refractivity contribution is 6.06. The normalized spacial score (nSPS) is 17.5. The molecule has 3 N–H and O–H groups in total. The average molecular weight is 705 g/mol. The lowest BCUT2D eigenvalue weighted by Gasteiger charge is -2.28.